The highest BCUT2D eigenvalue weighted by Gasteiger charge is 2.10. The number of ether oxygens (including phenoxy) is 1. The van der Waals surface area contributed by atoms with Crippen molar-refractivity contribution in [2.45, 2.75) is 33.9 Å². The number of hydrogen-bond acceptors (Lipinski definition) is 5. The second-order valence-electron chi connectivity index (χ2n) is 5.28. The van der Waals surface area contributed by atoms with Crippen LogP contribution in [0.5, 0.6) is 5.88 Å². The van der Waals surface area contributed by atoms with Crippen LogP contribution in [0.4, 0.5) is 0 Å². The smallest absolute Gasteiger partial charge is 0.218 e. The summed E-state index contributed by atoms with van der Waals surface area (Å²) in [6.07, 6.45) is 1.74. The molecule has 0 saturated heterocycles. The van der Waals surface area contributed by atoms with Gasteiger partial charge in [-0.15, -0.1) is 35.3 Å². The van der Waals surface area contributed by atoms with Crippen molar-refractivity contribution in [1.29, 1.82) is 0 Å². The van der Waals surface area contributed by atoms with Gasteiger partial charge >= 0.3 is 0 Å². The van der Waals surface area contributed by atoms with E-state index in [0.717, 1.165) is 35.3 Å². The molecule has 2 aromatic heterocycles. The summed E-state index contributed by atoms with van der Waals surface area (Å²) in [6, 6.07) is 3.90. The number of thiazole rings is 1. The van der Waals surface area contributed by atoms with E-state index < -0.39 is 0 Å². The zero-order valence-corrected chi connectivity index (χ0v) is 18.3. The molecule has 2 heterocycles. The van der Waals surface area contributed by atoms with E-state index in [1.807, 2.05) is 33.0 Å². The maximum atomic E-state index is 5.57. The SMILES string of the molecule is CCNC(=NCc1cccnc1OCC)N(C)Cc1csc(C)n1.I. The van der Waals surface area contributed by atoms with Crippen molar-refractivity contribution in [2.75, 3.05) is 20.2 Å². The molecule has 2 rings (SSSR count). The van der Waals surface area contributed by atoms with Gasteiger partial charge in [-0.05, 0) is 26.8 Å². The first-order chi connectivity index (χ1) is 11.6. The summed E-state index contributed by atoms with van der Waals surface area (Å²) in [5, 5.41) is 6.49. The number of nitrogens with one attached hydrogen (secondary N) is 1. The third-order valence-corrected chi connectivity index (χ3v) is 4.11. The summed E-state index contributed by atoms with van der Waals surface area (Å²) in [6.45, 7) is 8.68. The Labute approximate surface area is 170 Å². The predicted octanol–water partition coefficient (Wildman–Crippen LogP) is 3.46. The largest absolute Gasteiger partial charge is 0.478 e. The molecule has 0 aromatic carbocycles. The lowest BCUT2D eigenvalue weighted by Gasteiger charge is -2.21. The highest BCUT2D eigenvalue weighted by atomic mass is 127. The Balaban J connectivity index is 0.00000312. The van der Waals surface area contributed by atoms with E-state index in [0.29, 0.717) is 19.0 Å². The molecular formula is C17H26IN5OS. The Hall–Kier alpha value is -1.42. The van der Waals surface area contributed by atoms with Gasteiger partial charge in [-0.25, -0.2) is 15.0 Å². The van der Waals surface area contributed by atoms with Crippen LogP contribution in [0.3, 0.4) is 0 Å². The highest BCUT2D eigenvalue weighted by Crippen LogP contribution is 2.16. The maximum Gasteiger partial charge on any atom is 0.218 e. The monoisotopic (exact) mass is 475 g/mol. The molecule has 2 aromatic rings. The normalized spacial score (nSPS) is 11.0. The molecular weight excluding hydrogens is 449 g/mol. The van der Waals surface area contributed by atoms with Gasteiger partial charge in [0.05, 0.1) is 30.4 Å². The molecule has 8 heteroatoms. The van der Waals surface area contributed by atoms with E-state index in [9.17, 15) is 0 Å². The molecule has 0 aliphatic rings. The molecule has 0 amide bonds. The van der Waals surface area contributed by atoms with Gasteiger partial charge in [-0.2, -0.15) is 0 Å². The Morgan fingerprint density at radius 3 is 2.84 bits per heavy atom. The van der Waals surface area contributed by atoms with Gasteiger partial charge in [0, 0.05) is 30.7 Å². The molecule has 0 fully saturated rings. The van der Waals surface area contributed by atoms with E-state index >= 15 is 0 Å². The molecule has 0 bridgehead atoms. The highest BCUT2D eigenvalue weighted by molar-refractivity contribution is 14.0. The standard InChI is InChI=1S/C17H25N5OS.HI/c1-5-18-17(22(4)11-15-12-24-13(3)21-15)20-10-14-8-7-9-19-16(14)23-6-2;/h7-9,12H,5-6,10-11H2,1-4H3,(H,18,20);1H. The summed E-state index contributed by atoms with van der Waals surface area (Å²) in [7, 11) is 2.02. The first-order valence-corrected chi connectivity index (χ1v) is 8.99. The molecule has 0 unspecified atom stereocenters. The molecule has 0 aliphatic heterocycles. The van der Waals surface area contributed by atoms with Crippen LogP contribution in [-0.4, -0.2) is 41.0 Å². The number of halogens is 1. The summed E-state index contributed by atoms with van der Waals surface area (Å²) < 4.78 is 5.57. The average Bonchev–Trinajstić information content (AvgIpc) is 2.97. The van der Waals surface area contributed by atoms with E-state index in [1.54, 1.807) is 17.5 Å². The van der Waals surface area contributed by atoms with Crippen molar-refractivity contribution in [2.24, 2.45) is 4.99 Å². The van der Waals surface area contributed by atoms with Gasteiger partial charge in [-0.3, -0.25) is 0 Å². The fourth-order valence-electron chi connectivity index (χ4n) is 2.24. The fourth-order valence-corrected chi connectivity index (χ4v) is 2.84. The summed E-state index contributed by atoms with van der Waals surface area (Å²) >= 11 is 1.67. The van der Waals surface area contributed by atoms with Crippen LogP contribution < -0.4 is 10.1 Å². The van der Waals surface area contributed by atoms with E-state index in [-0.39, 0.29) is 24.0 Å². The van der Waals surface area contributed by atoms with Crippen LogP contribution in [0.2, 0.25) is 0 Å². The van der Waals surface area contributed by atoms with Crippen LogP contribution in [0.1, 0.15) is 30.1 Å². The van der Waals surface area contributed by atoms with Gasteiger partial charge < -0.3 is 15.0 Å². The quantitative estimate of drug-likeness (QED) is 0.378. The summed E-state index contributed by atoms with van der Waals surface area (Å²) in [5.74, 6) is 1.49. The lowest BCUT2D eigenvalue weighted by Crippen LogP contribution is -2.38. The van der Waals surface area contributed by atoms with Crippen molar-refractivity contribution in [1.82, 2.24) is 20.2 Å². The fraction of sp³-hybridized carbons (Fsp3) is 0.471. The number of hydrogen-bond donors (Lipinski definition) is 1. The molecule has 0 radical (unpaired) electrons. The van der Waals surface area contributed by atoms with Crippen molar-refractivity contribution in [3.63, 3.8) is 0 Å². The zero-order valence-electron chi connectivity index (χ0n) is 15.2. The molecule has 6 nitrogen and oxygen atoms in total. The van der Waals surface area contributed by atoms with Gasteiger partial charge in [0.1, 0.15) is 0 Å². The van der Waals surface area contributed by atoms with Gasteiger partial charge in [-0.1, -0.05) is 6.07 Å². The molecule has 25 heavy (non-hydrogen) atoms. The first kappa shape index (κ1) is 21.6. The number of aromatic nitrogens is 2. The minimum absolute atomic E-state index is 0. The lowest BCUT2D eigenvalue weighted by atomic mass is 10.3. The summed E-state index contributed by atoms with van der Waals surface area (Å²) in [5.41, 5.74) is 2.04. The number of rotatable bonds is 7. The molecule has 138 valence electrons. The van der Waals surface area contributed by atoms with Crippen LogP contribution in [0.25, 0.3) is 0 Å². The number of aryl methyl sites for hydroxylation is 1. The van der Waals surface area contributed by atoms with Crippen molar-refractivity contribution < 1.29 is 4.74 Å². The molecule has 0 aliphatic carbocycles. The van der Waals surface area contributed by atoms with Gasteiger partial charge in [0.2, 0.25) is 5.88 Å². The second-order valence-corrected chi connectivity index (χ2v) is 6.35. The summed E-state index contributed by atoms with van der Waals surface area (Å²) in [4.78, 5) is 15.6. The van der Waals surface area contributed by atoms with Gasteiger partial charge in [0.15, 0.2) is 5.96 Å². The third-order valence-electron chi connectivity index (χ3n) is 3.29. The van der Waals surface area contributed by atoms with Crippen LogP contribution >= 0.6 is 35.3 Å². The Bertz CT molecular complexity index is 677. The van der Waals surface area contributed by atoms with Crippen LogP contribution in [0, 0.1) is 6.92 Å². The van der Waals surface area contributed by atoms with Crippen molar-refractivity contribution >= 4 is 41.3 Å². The molecule has 0 spiro atoms. The first-order valence-electron chi connectivity index (χ1n) is 8.11. The predicted molar refractivity (Wildman–Crippen MR) is 114 cm³/mol. The van der Waals surface area contributed by atoms with Crippen molar-refractivity contribution in [3.8, 4) is 5.88 Å². The minimum atomic E-state index is 0. The average molecular weight is 475 g/mol. The van der Waals surface area contributed by atoms with E-state index in [4.69, 9.17) is 9.73 Å². The molecule has 0 saturated carbocycles. The number of guanidine groups is 1. The lowest BCUT2D eigenvalue weighted by molar-refractivity contribution is 0.323. The Morgan fingerprint density at radius 1 is 1.40 bits per heavy atom. The molecule has 0 atom stereocenters. The van der Waals surface area contributed by atoms with E-state index in [2.05, 4.69) is 32.5 Å². The number of aliphatic imine (C=N–C) groups is 1. The Morgan fingerprint density at radius 2 is 2.20 bits per heavy atom. The maximum absolute atomic E-state index is 5.57. The number of nitrogens with zero attached hydrogens (tertiary/aromatic N) is 4. The minimum Gasteiger partial charge on any atom is -0.478 e. The topological polar surface area (TPSA) is 62.6 Å². The number of pyridine rings is 1. The second kappa shape index (κ2) is 11.2. The van der Waals surface area contributed by atoms with Crippen LogP contribution in [-0.2, 0) is 13.1 Å². The van der Waals surface area contributed by atoms with Crippen molar-refractivity contribution in [3.05, 3.63) is 40.0 Å². The van der Waals surface area contributed by atoms with E-state index in [1.165, 1.54) is 0 Å². The third kappa shape index (κ3) is 6.77. The zero-order chi connectivity index (χ0) is 17.4. The van der Waals surface area contributed by atoms with Crippen LogP contribution in [0.15, 0.2) is 28.7 Å². The molecule has 1 N–H and O–H groups in total. The van der Waals surface area contributed by atoms with Gasteiger partial charge in [0.25, 0.3) is 0 Å². The Kier molecular flexibility index (Phi) is 9.73.